The van der Waals surface area contributed by atoms with Crippen molar-refractivity contribution in [2.75, 3.05) is 0 Å². The van der Waals surface area contributed by atoms with Crippen molar-refractivity contribution in [3.8, 4) is 45.6 Å². The monoisotopic (exact) mass is 430 g/mol. The molecular weight excluding hydrogens is 408 g/mol. The summed E-state index contributed by atoms with van der Waals surface area (Å²) in [5.74, 6) is 3.96. The SMILES string of the molecule is c1ccc(Oc2ccccc2Oc2ccccc2Oc2ccccc2-c2ccccc2)cc1. The molecule has 3 heteroatoms. The number of hydrogen-bond donors (Lipinski definition) is 0. The van der Waals surface area contributed by atoms with E-state index in [0.29, 0.717) is 23.0 Å². The van der Waals surface area contributed by atoms with Gasteiger partial charge >= 0.3 is 0 Å². The molecule has 0 atom stereocenters. The van der Waals surface area contributed by atoms with Crippen LogP contribution in [0.4, 0.5) is 0 Å². The van der Waals surface area contributed by atoms with Gasteiger partial charge in [0.2, 0.25) is 0 Å². The molecule has 5 aromatic rings. The lowest BCUT2D eigenvalue weighted by atomic mass is 10.0. The zero-order chi connectivity index (χ0) is 22.3. The van der Waals surface area contributed by atoms with Gasteiger partial charge in [0, 0.05) is 5.56 Å². The number of hydrogen-bond acceptors (Lipinski definition) is 3. The lowest BCUT2D eigenvalue weighted by Gasteiger charge is -2.16. The van der Waals surface area contributed by atoms with E-state index in [9.17, 15) is 0 Å². The Hall–Kier alpha value is -4.50. The Bertz CT molecular complexity index is 1330. The van der Waals surface area contributed by atoms with Gasteiger partial charge in [-0.15, -0.1) is 0 Å². The van der Waals surface area contributed by atoms with Gasteiger partial charge in [0.05, 0.1) is 0 Å². The standard InChI is InChI=1S/C30H22O3/c1-3-13-23(14-4-1)25-17-7-8-18-26(25)32-29-21-11-12-22-30(29)33-28-20-10-9-19-27(28)31-24-15-5-2-6-16-24/h1-22H. The summed E-state index contributed by atoms with van der Waals surface area (Å²) < 4.78 is 18.7. The zero-order valence-electron chi connectivity index (χ0n) is 17.9. The van der Waals surface area contributed by atoms with Crippen molar-refractivity contribution in [3.05, 3.63) is 133 Å². The molecule has 0 amide bonds. The first-order chi connectivity index (χ1) is 16.4. The van der Waals surface area contributed by atoms with Crippen molar-refractivity contribution < 1.29 is 14.2 Å². The van der Waals surface area contributed by atoms with Gasteiger partial charge in [-0.3, -0.25) is 0 Å². The Morgan fingerprint density at radius 2 is 0.697 bits per heavy atom. The minimum absolute atomic E-state index is 0.601. The van der Waals surface area contributed by atoms with Gasteiger partial charge in [-0.1, -0.05) is 91.0 Å². The Kier molecular flexibility index (Phi) is 6.03. The molecule has 0 aromatic heterocycles. The quantitative estimate of drug-likeness (QED) is 0.258. The van der Waals surface area contributed by atoms with E-state index in [4.69, 9.17) is 14.2 Å². The molecule has 0 spiro atoms. The summed E-state index contributed by atoms with van der Waals surface area (Å²) in [6.07, 6.45) is 0. The predicted molar refractivity (Wildman–Crippen MR) is 131 cm³/mol. The van der Waals surface area contributed by atoms with Gasteiger partial charge in [-0.25, -0.2) is 0 Å². The van der Waals surface area contributed by atoms with Crippen LogP contribution in [0.1, 0.15) is 0 Å². The third kappa shape index (κ3) is 4.89. The highest BCUT2D eigenvalue weighted by atomic mass is 16.5. The van der Waals surface area contributed by atoms with Crippen molar-refractivity contribution in [2.45, 2.75) is 0 Å². The smallest absolute Gasteiger partial charge is 0.170 e. The van der Waals surface area contributed by atoms with Gasteiger partial charge in [0.15, 0.2) is 23.0 Å². The van der Waals surface area contributed by atoms with E-state index in [1.807, 2.05) is 115 Å². The first-order valence-electron chi connectivity index (χ1n) is 10.8. The summed E-state index contributed by atoms with van der Waals surface area (Å²) in [5, 5.41) is 0. The Morgan fingerprint density at radius 3 is 1.27 bits per heavy atom. The molecule has 0 aliphatic carbocycles. The van der Waals surface area contributed by atoms with Gasteiger partial charge in [0.25, 0.3) is 0 Å². The van der Waals surface area contributed by atoms with Crippen LogP contribution < -0.4 is 14.2 Å². The third-order valence-corrected chi connectivity index (χ3v) is 5.08. The Morgan fingerprint density at radius 1 is 0.303 bits per heavy atom. The molecule has 5 rings (SSSR count). The first kappa shape index (κ1) is 20.4. The van der Waals surface area contributed by atoms with Crippen LogP contribution in [0.25, 0.3) is 11.1 Å². The molecule has 0 heterocycles. The van der Waals surface area contributed by atoms with E-state index in [0.717, 1.165) is 22.6 Å². The van der Waals surface area contributed by atoms with Crippen LogP contribution in [0.15, 0.2) is 133 Å². The van der Waals surface area contributed by atoms with E-state index in [1.165, 1.54) is 0 Å². The largest absolute Gasteiger partial charge is 0.453 e. The molecule has 0 unspecified atom stereocenters. The normalized spacial score (nSPS) is 10.4. The summed E-state index contributed by atoms with van der Waals surface area (Å²) >= 11 is 0. The van der Waals surface area contributed by atoms with Gasteiger partial charge in [-0.2, -0.15) is 0 Å². The van der Waals surface area contributed by atoms with Crippen molar-refractivity contribution in [2.24, 2.45) is 0 Å². The summed E-state index contributed by atoms with van der Waals surface area (Å²) in [7, 11) is 0. The topological polar surface area (TPSA) is 27.7 Å². The van der Waals surface area contributed by atoms with Crippen molar-refractivity contribution in [3.63, 3.8) is 0 Å². The molecular formula is C30H22O3. The van der Waals surface area contributed by atoms with E-state index in [1.54, 1.807) is 0 Å². The molecule has 160 valence electrons. The van der Waals surface area contributed by atoms with Crippen LogP contribution in [0.5, 0.6) is 34.5 Å². The maximum absolute atomic E-state index is 6.36. The van der Waals surface area contributed by atoms with Gasteiger partial charge < -0.3 is 14.2 Å². The molecule has 0 aliphatic rings. The highest BCUT2D eigenvalue weighted by Gasteiger charge is 2.13. The summed E-state index contributed by atoms with van der Waals surface area (Å²) in [5.41, 5.74) is 2.11. The average molecular weight is 431 g/mol. The lowest BCUT2D eigenvalue weighted by Crippen LogP contribution is -1.94. The third-order valence-electron chi connectivity index (χ3n) is 5.08. The maximum Gasteiger partial charge on any atom is 0.170 e. The fraction of sp³-hybridized carbons (Fsp3) is 0. The molecule has 0 saturated carbocycles. The van der Waals surface area contributed by atoms with Crippen molar-refractivity contribution >= 4 is 0 Å². The minimum Gasteiger partial charge on any atom is -0.453 e. The summed E-state index contributed by atoms with van der Waals surface area (Å²) in [6.45, 7) is 0. The second kappa shape index (κ2) is 9.75. The fourth-order valence-electron chi connectivity index (χ4n) is 3.50. The second-order valence-corrected chi connectivity index (χ2v) is 7.37. The molecule has 0 bridgehead atoms. The van der Waals surface area contributed by atoms with E-state index < -0.39 is 0 Å². The highest BCUT2D eigenvalue weighted by molar-refractivity contribution is 5.71. The van der Waals surface area contributed by atoms with Crippen LogP contribution in [0.3, 0.4) is 0 Å². The predicted octanol–water partition coefficient (Wildman–Crippen LogP) is 8.73. The molecule has 0 saturated heterocycles. The van der Waals surface area contributed by atoms with E-state index >= 15 is 0 Å². The fourth-order valence-corrected chi connectivity index (χ4v) is 3.50. The summed E-state index contributed by atoms with van der Waals surface area (Å²) in [4.78, 5) is 0. The lowest BCUT2D eigenvalue weighted by molar-refractivity contribution is 0.394. The maximum atomic E-state index is 6.36. The minimum atomic E-state index is 0.601. The zero-order valence-corrected chi connectivity index (χ0v) is 17.9. The van der Waals surface area contributed by atoms with Gasteiger partial charge in [0.1, 0.15) is 11.5 Å². The average Bonchev–Trinajstić information content (AvgIpc) is 2.88. The molecule has 0 N–H and O–H groups in total. The molecule has 3 nitrogen and oxygen atoms in total. The van der Waals surface area contributed by atoms with Crippen molar-refractivity contribution in [1.82, 2.24) is 0 Å². The Labute approximate surface area is 193 Å². The van der Waals surface area contributed by atoms with Crippen LogP contribution >= 0.6 is 0 Å². The Balaban J connectivity index is 1.44. The number of para-hydroxylation sites is 6. The molecule has 0 fully saturated rings. The second-order valence-electron chi connectivity index (χ2n) is 7.37. The van der Waals surface area contributed by atoms with E-state index in [2.05, 4.69) is 18.2 Å². The van der Waals surface area contributed by atoms with Crippen LogP contribution in [-0.4, -0.2) is 0 Å². The number of ether oxygens (including phenoxy) is 3. The molecule has 0 aliphatic heterocycles. The highest BCUT2D eigenvalue weighted by Crippen LogP contribution is 2.41. The number of benzene rings is 5. The molecule has 33 heavy (non-hydrogen) atoms. The molecule has 5 aromatic carbocycles. The van der Waals surface area contributed by atoms with Crippen molar-refractivity contribution in [1.29, 1.82) is 0 Å². The van der Waals surface area contributed by atoms with Gasteiger partial charge in [-0.05, 0) is 48.0 Å². The summed E-state index contributed by atoms with van der Waals surface area (Å²) in [6, 6.07) is 43.1. The number of rotatable bonds is 7. The van der Waals surface area contributed by atoms with Crippen LogP contribution in [0.2, 0.25) is 0 Å². The van der Waals surface area contributed by atoms with Crippen LogP contribution in [0, 0.1) is 0 Å². The molecule has 0 radical (unpaired) electrons. The first-order valence-corrected chi connectivity index (χ1v) is 10.8. The van der Waals surface area contributed by atoms with E-state index in [-0.39, 0.29) is 0 Å². The van der Waals surface area contributed by atoms with Crippen LogP contribution in [-0.2, 0) is 0 Å².